The zero-order chi connectivity index (χ0) is 13.2. The Morgan fingerprint density at radius 1 is 1.32 bits per heavy atom. The number of thiazole rings is 1. The Morgan fingerprint density at radius 3 is 3.00 bits per heavy atom. The van der Waals surface area contributed by atoms with E-state index in [1.54, 1.807) is 35.6 Å². The molecule has 0 spiro atoms. The van der Waals surface area contributed by atoms with E-state index in [4.69, 9.17) is 11.6 Å². The Hall–Kier alpha value is -1.59. The van der Waals surface area contributed by atoms with Gasteiger partial charge in [0.15, 0.2) is 5.13 Å². The molecule has 2 N–H and O–H groups in total. The van der Waals surface area contributed by atoms with Gasteiger partial charge in [-0.3, -0.25) is 5.32 Å². The predicted molar refractivity (Wildman–Crippen MR) is 78.2 cm³/mol. The largest absolute Gasteiger partial charge is 0.325 e. The Morgan fingerprint density at radius 2 is 2.21 bits per heavy atom. The third-order valence-corrected chi connectivity index (χ3v) is 4.21. The average Bonchev–Trinajstić information content (AvgIpc) is 2.89. The molecule has 1 aromatic heterocycles. The number of aromatic nitrogens is 1. The van der Waals surface area contributed by atoms with Crippen LogP contribution in [-0.4, -0.2) is 11.0 Å². The Bertz CT molecular complexity index is 605. The number of nitrogens with zero attached hydrogens (tertiary/aromatic N) is 1. The number of fused-ring (bicyclic) bond motifs is 1. The molecule has 98 valence electrons. The number of aryl methyl sites for hydroxylation is 2. The summed E-state index contributed by atoms with van der Waals surface area (Å²) in [6, 6.07) is 6.73. The lowest BCUT2D eigenvalue weighted by Gasteiger charge is -2.05. The first kappa shape index (κ1) is 12.4. The van der Waals surface area contributed by atoms with Crippen molar-refractivity contribution in [3.63, 3.8) is 0 Å². The maximum atomic E-state index is 11.8. The van der Waals surface area contributed by atoms with E-state index >= 15 is 0 Å². The van der Waals surface area contributed by atoms with Gasteiger partial charge in [0.1, 0.15) is 0 Å². The van der Waals surface area contributed by atoms with Gasteiger partial charge in [0.2, 0.25) is 0 Å². The third-order valence-electron chi connectivity index (χ3n) is 2.90. The molecule has 0 unspecified atom stereocenters. The summed E-state index contributed by atoms with van der Waals surface area (Å²) in [7, 11) is 0. The van der Waals surface area contributed by atoms with Crippen molar-refractivity contribution in [1.82, 2.24) is 4.98 Å². The zero-order valence-corrected chi connectivity index (χ0v) is 11.6. The van der Waals surface area contributed by atoms with Crippen LogP contribution in [0.25, 0.3) is 0 Å². The highest BCUT2D eigenvalue weighted by atomic mass is 35.5. The van der Waals surface area contributed by atoms with Crippen LogP contribution in [0, 0.1) is 0 Å². The molecular weight excluding hydrogens is 282 g/mol. The summed E-state index contributed by atoms with van der Waals surface area (Å²) in [5, 5.41) is 6.73. The average molecular weight is 294 g/mol. The second kappa shape index (κ2) is 5.19. The summed E-state index contributed by atoms with van der Waals surface area (Å²) in [5.41, 5.74) is 1.79. The number of hydrogen-bond donors (Lipinski definition) is 2. The monoisotopic (exact) mass is 293 g/mol. The number of halogens is 1. The van der Waals surface area contributed by atoms with E-state index < -0.39 is 0 Å². The van der Waals surface area contributed by atoms with Crippen LogP contribution >= 0.6 is 22.9 Å². The lowest BCUT2D eigenvalue weighted by Crippen LogP contribution is -2.19. The maximum absolute atomic E-state index is 11.8. The molecule has 3 rings (SSSR count). The first-order valence-electron chi connectivity index (χ1n) is 6.03. The second-order valence-electron chi connectivity index (χ2n) is 4.33. The molecule has 4 nitrogen and oxygen atoms in total. The lowest BCUT2D eigenvalue weighted by molar-refractivity contribution is 0.262. The fourth-order valence-corrected chi connectivity index (χ4v) is 3.30. The van der Waals surface area contributed by atoms with Crippen molar-refractivity contribution in [2.45, 2.75) is 19.3 Å². The van der Waals surface area contributed by atoms with Crippen LogP contribution in [0.4, 0.5) is 15.6 Å². The number of nitrogens with one attached hydrogen (secondary N) is 2. The number of anilines is 2. The first-order chi connectivity index (χ1) is 9.20. The van der Waals surface area contributed by atoms with Crippen LogP contribution in [0.1, 0.15) is 17.0 Å². The zero-order valence-electron chi connectivity index (χ0n) is 10.1. The minimum absolute atomic E-state index is 0.297. The van der Waals surface area contributed by atoms with Gasteiger partial charge in [-0.25, -0.2) is 9.78 Å². The van der Waals surface area contributed by atoms with Crippen molar-refractivity contribution in [3.8, 4) is 0 Å². The van der Waals surface area contributed by atoms with E-state index in [-0.39, 0.29) is 6.03 Å². The molecule has 0 bridgehead atoms. The van der Waals surface area contributed by atoms with E-state index in [2.05, 4.69) is 15.6 Å². The molecule has 0 saturated carbocycles. The number of hydrogen-bond acceptors (Lipinski definition) is 3. The molecule has 0 radical (unpaired) electrons. The van der Waals surface area contributed by atoms with Crippen LogP contribution in [0.5, 0.6) is 0 Å². The Balaban J connectivity index is 1.64. The molecular formula is C13H12ClN3OS. The van der Waals surface area contributed by atoms with Crippen molar-refractivity contribution < 1.29 is 4.79 Å². The van der Waals surface area contributed by atoms with Gasteiger partial charge in [-0.05, 0) is 37.5 Å². The van der Waals surface area contributed by atoms with Crippen molar-refractivity contribution in [2.75, 3.05) is 10.6 Å². The van der Waals surface area contributed by atoms with E-state index in [1.165, 1.54) is 11.3 Å². The van der Waals surface area contributed by atoms with Crippen LogP contribution < -0.4 is 10.6 Å². The van der Waals surface area contributed by atoms with Crippen LogP contribution in [0.3, 0.4) is 0 Å². The number of benzene rings is 1. The smallest absolute Gasteiger partial charge is 0.308 e. The summed E-state index contributed by atoms with van der Waals surface area (Å²) < 4.78 is 0. The molecule has 0 atom stereocenters. The molecule has 1 aliphatic rings. The molecule has 19 heavy (non-hydrogen) atoms. The quantitative estimate of drug-likeness (QED) is 0.881. The van der Waals surface area contributed by atoms with E-state index in [0.717, 1.165) is 18.5 Å². The summed E-state index contributed by atoms with van der Waals surface area (Å²) >= 11 is 7.41. The van der Waals surface area contributed by atoms with Gasteiger partial charge in [-0.15, -0.1) is 11.3 Å². The van der Waals surface area contributed by atoms with E-state index in [1.807, 2.05) is 0 Å². The van der Waals surface area contributed by atoms with Gasteiger partial charge in [0.25, 0.3) is 0 Å². The number of rotatable bonds is 2. The van der Waals surface area contributed by atoms with E-state index in [9.17, 15) is 4.79 Å². The standard InChI is InChI=1S/C13H12ClN3OS/c14-8-3-1-4-9(7-8)15-12(18)17-13-16-10-5-2-6-11(10)19-13/h1,3-4,7H,2,5-6H2,(H2,15,16,17,18). The van der Waals surface area contributed by atoms with Crippen molar-refractivity contribution >= 4 is 39.8 Å². The number of carbonyl (C=O) groups is 1. The third kappa shape index (κ3) is 2.88. The van der Waals surface area contributed by atoms with Gasteiger partial charge in [0, 0.05) is 15.6 Å². The number of amides is 2. The Kier molecular flexibility index (Phi) is 3.40. The summed E-state index contributed by atoms with van der Waals surface area (Å²) in [5.74, 6) is 0. The van der Waals surface area contributed by atoms with Gasteiger partial charge in [-0.1, -0.05) is 17.7 Å². The highest BCUT2D eigenvalue weighted by Gasteiger charge is 2.17. The molecule has 6 heteroatoms. The minimum atomic E-state index is -0.297. The molecule has 0 fully saturated rings. The fourth-order valence-electron chi connectivity index (χ4n) is 2.07. The normalized spacial score (nSPS) is 13.1. The molecule has 2 aromatic rings. The molecule has 0 saturated heterocycles. The molecule has 0 aliphatic heterocycles. The number of carbonyl (C=O) groups excluding carboxylic acids is 1. The summed E-state index contributed by atoms with van der Waals surface area (Å²) in [6.45, 7) is 0. The highest BCUT2D eigenvalue weighted by Crippen LogP contribution is 2.30. The van der Waals surface area contributed by atoms with Crippen LogP contribution in [0.2, 0.25) is 5.02 Å². The van der Waals surface area contributed by atoms with Gasteiger partial charge in [-0.2, -0.15) is 0 Å². The summed E-state index contributed by atoms with van der Waals surface area (Å²) in [6.07, 6.45) is 3.26. The van der Waals surface area contributed by atoms with Crippen molar-refractivity contribution in [2.24, 2.45) is 0 Å². The maximum Gasteiger partial charge on any atom is 0.325 e. The molecule has 1 aromatic carbocycles. The Labute approximate surface area is 119 Å². The van der Waals surface area contributed by atoms with Crippen molar-refractivity contribution in [1.29, 1.82) is 0 Å². The van der Waals surface area contributed by atoms with Gasteiger partial charge < -0.3 is 5.32 Å². The SMILES string of the molecule is O=C(Nc1cccc(Cl)c1)Nc1nc2c(s1)CCC2. The van der Waals surface area contributed by atoms with Crippen LogP contribution in [-0.2, 0) is 12.8 Å². The van der Waals surface area contributed by atoms with E-state index in [0.29, 0.717) is 15.8 Å². The van der Waals surface area contributed by atoms with Gasteiger partial charge in [0.05, 0.1) is 5.69 Å². The minimum Gasteiger partial charge on any atom is -0.308 e. The van der Waals surface area contributed by atoms with Gasteiger partial charge >= 0.3 is 6.03 Å². The molecule has 2 amide bonds. The lowest BCUT2D eigenvalue weighted by atomic mass is 10.3. The topological polar surface area (TPSA) is 54.0 Å². The molecule has 1 aliphatic carbocycles. The highest BCUT2D eigenvalue weighted by molar-refractivity contribution is 7.15. The second-order valence-corrected chi connectivity index (χ2v) is 5.85. The van der Waals surface area contributed by atoms with Crippen molar-refractivity contribution in [3.05, 3.63) is 39.9 Å². The molecule has 1 heterocycles. The summed E-state index contributed by atoms with van der Waals surface area (Å²) in [4.78, 5) is 17.5. The predicted octanol–water partition coefficient (Wildman–Crippen LogP) is 3.93. The first-order valence-corrected chi connectivity index (χ1v) is 7.22. The fraction of sp³-hybridized carbons (Fsp3) is 0.231. The van der Waals surface area contributed by atoms with Crippen LogP contribution in [0.15, 0.2) is 24.3 Å². The number of urea groups is 1.